The van der Waals surface area contributed by atoms with Crippen molar-refractivity contribution in [2.24, 2.45) is 10.9 Å². The van der Waals surface area contributed by atoms with E-state index < -0.39 is 0 Å². The number of rotatable bonds is 6. The zero-order valence-electron chi connectivity index (χ0n) is 17.2. The highest BCUT2D eigenvalue weighted by molar-refractivity contribution is 6.34. The number of nitrogens with zero attached hydrogens (tertiary/aromatic N) is 4. The van der Waals surface area contributed by atoms with Gasteiger partial charge in [0.2, 0.25) is 5.91 Å². The molecule has 4 N–H and O–H groups in total. The van der Waals surface area contributed by atoms with E-state index in [-0.39, 0.29) is 17.7 Å². The van der Waals surface area contributed by atoms with Crippen LogP contribution in [0.25, 0.3) is 17.3 Å². The van der Waals surface area contributed by atoms with Crippen LogP contribution in [-0.2, 0) is 4.79 Å². The summed E-state index contributed by atoms with van der Waals surface area (Å²) in [7, 11) is 0. The molecule has 0 bridgehead atoms. The SMILES string of the molecule is C=N/C(=C\c1c(C)c(N)nc(-c2cnccc2C)c1Cl)NC(=O)[C@H]1C[C@@H]1c1cn[nH]c1. The van der Waals surface area contributed by atoms with Crippen molar-refractivity contribution in [3.05, 3.63) is 64.0 Å². The van der Waals surface area contributed by atoms with Crippen LogP contribution < -0.4 is 11.1 Å². The average molecular weight is 436 g/mol. The van der Waals surface area contributed by atoms with Crippen molar-refractivity contribution in [1.82, 2.24) is 25.5 Å². The van der Waals surface area contributed by atoms with Crippen LogP contribution in [0, 0.1) is 19.8 Å². The molecule has 4 rings (SSSR count). The van der Waals surface area contributed by atoms with E-state index in [1.54, 1.807) is 24.7 Å². The van der Waals surface area contributed by atoms with Gasteiger partial charge in [0.1, 0.15) is 11.6 Å². The molecule has 1 fully saturated rings. The van der Waals surface area contributed by atoms with Gasteiger partial charge in [-0.05, 0) is 56.2 Å². The maximum absolute atomic E-state index is 12.7. The fourth-order valence-corrected chi connectivity index (χ4v) is 3.88. The number of halogens is 1. The summed E-state index contributed by atoms with van der Waals surface area (Å²) >= 11 is 6.72. The van der Waals surface area contributed by atoms with Crippen LogP contribution in [0.1, 0.15) is 34.6 Å². The lowest BCUT2D eigenvalue weighted by Crippen LogP contribution is -2.24. The van der Waals surface area contributed by atoms with Crippen LogP contribution in [0.15, 0.2) is 41.7 Å². The lowest BCUT2D eigenvalue weighted by atomic mass is 10.0. The highest BCUT2D eigenvalue weighted by Crippen LogP contribution is 2.47. The fraction of sp³-hybridized carbons (Fsp3) is 0.227. The molecule has 9 heteroatoms. The number of aryl methyl sites for hydroxylation is 1. The van der Waals surface area contributed by atoms with Crippen LogP contribution in [0.4, 0.5) is 5.82 Å². The Morgan fingerprint density at radius 1 is 1.42 bits per heavy atom. The van der Waals surface area contributed by atoms with E-state index in [0.29, 0.717) is 33.5 Å². The van der Waals surface area contributed by atoms with E-state index in [1.807, 2.05) is 26.1 Å². The van der Waals surface area contributed by atoms with Crippen LogP contribution in [0.5, 0.6) is 0 Å². The van der Waals surface area contributed by atoms with Crippen molar-refractivity contribution >= 4 is 36.1 Å². The molecule has 0 aliphatic heterocycles. The normalized spacial score (nSPS) is 18.0. The molecule has 0 radical (unpaired) electrons. The van der Waals surface area contributed by atoms with E-state index in [2.05, 4.69) is 37.2 Å². The van der Waals surface area contributed by atoms with Gasteiger partial charge < -0.3 is 11.1 Å². The topological polar surface area (TPSA) is 122 Å². The Kier molecular flexibility index (Phi) is 5.56. The van der Waals surface area contributed by atoms with Crippen LogP contribution in [0.3, 0.4) is 0 Å². The molecular weight excluding hydrogens is 414 g/mol. The van der Waals surface area contributed by atoms with Crippen molar-refractivity contribution in [2.75, 3.05) is 5.73 Å². The Bertz CT molecular complexity index is 1190. The lowest BCUT2D eigenvalue weighted by molar-refractivity contribution is -0.121. The lowest BCUT2D eigenvalue weighted by Gasteiger charge is -2.14. The number of H-pyrrole nitrogens is 1. The van der Waals surface area contributed by atoms with Crippen molar-refractivity contribution in [1.29, 1.82) is 0 Å². The number of hydrogen-bond acceptors (Lipinski definition) is 6. The first-order chi connectivity index (χ1) is 14.9. The third kappa shape index (κ3) is 4.06. The summed E-state index contributed by atoms with van der Waals surface area (Å²) in [5.41, 5.74) is 10.8. The van der Waals surface area contributed by atoms with E-state index in [9.17, 15) is 4.79 Å². The molecule has 3 aromatic heterocycles. The number of nitrogens with one attached hydrogen (secondary N) is 2. The van der Waals surface area contributed by atoms with E-state index in [4.69, 9.17) is 17.3 Å². The van der Waals surface area contributed by atoms with Gasteiger partial charge in [0.25, 0.3) is 0 Å². The van der Waals surface area contributed by atoms with Gasteiger partial charge >= 0.3 is 0 Å². The maximum atomic E-state index is 12.7. The molecule has 3 heterocycles. The molecule has 31 heavy (non-hydrogen) atoms. The predicted molar refractivity (Wildman–Crippen MR) is 121 cm³/mol. The van der Waals surface area contributed by atoms with E-state index in [1.165, 1.54) is 0 Å². The van der Waals surface area contributed by atoms with Gasteiger partial charge in [-0.25, -0.2) is 9.98 Å². The van der Waals surface area contributed by atoms with Gasteiger partial charge in [0.15, 0.2) is 0 Å². The maximum Gasteiger partial charge on any atom is 0.229 e. The summed E-state index contributed by atoms with van der Waals surface area (Å²) in [5.74, 6) is 0.546. The number of nitrogen functional groups attached to an aromatic ring is 1. The van der Waals surface area contributed by atoms with Crippen molar-refractivity contribution in [2.45, 2.75) is 26.2 Å². The number of aliphatic imine (C=N–C) groups is 1. The molecule has 0 spiro atoms. The van der Waals surface area contributed by atoms with Gasteiger partial charge in [-0.1, -0.05) is 11.6 Å². The monoisotopic (exact) mass is 435 g/mol. The molecule has 2 atom stereocenters. The second-order valence-electron chi connectivity index (χ2n) is 7.55. The number of aromatic nitrogens is 4. The third-order valence-electron chi connectivity index (χ3n) is 5.54. The van der Waals surface area contributed by atoms with Crippen LogP contribution in [-0.4, -0.2) is 32.8 Å². The number of anilines is 1. The molecule has 1 aliphatic carbocycles. The number of pyridine rings is 2. The number of carbonyl (C=O) groups is 1. The molecule has 1 saturated carbocycles. The zero-order chi connectivity index (χ0) is 22.1. The number of amides is 1. The smallest absolute Gasteiger partial charge is 0.229 e. The third-order valence-corrected chi connectivity index (χ3v) is 5.92. The first-order valence-corrected chi connectivity index (χ1v) is 10.1. The van der Waals surface area contributed by atoms with Gasteiger partial charge in [0, 0.05) is 41.2 Å². The second-order valence-corrected chi connectivity index (χ2v) is 7.92. The van der Waals surface area contributed by atoms with Crippen molar-refractivity contribution in [3.63, 3.8) is 0 Å². The molecule has 0 saturated heterocycles. The Hall–Kier alpha value is -3.52. The molecule has 8 nitrogen and oxygen atoms in total. The summed E-state index contributed by atoms with van der Waals surface area (Å²) in [6.45, 7) is 7.35. The summed E-state index contributed by atoms with van der Waals surface area (Å²) in [4.78, 5) is 25.3. The zero-order valence-corrected chi connectivity index (χ0v) is 17.9. The quantitative estimate of drug-likeness (QED) is 0.510. The van der Waals surface area contributed by atoms with Gasteiger partial charge in [-0.2, -0.15) is 5.10 Å². The average Bonchev–Trinajstić information content (AvgIpc) is 3.38. The summed E-state index contributed by atoms with van der Waals surface area (Å²) in [5, 5.41) is 9.97. The van der Waals surface area contributed by atoms with E-state index in [0.717, 1.165) is 23.1 Å². The summed E-state index contributed by atoms with van der Waals surface area (Å²) in [6.07, 6.45) is 9.39. The number of hydrogen-bond donors (Lipinski definition) is 3. The van der Waals surface area contributed by atoms with Crippen LogP contribution >= 0.6 is 11.6 Å². The number of aromatic amines is 1. The van der Waals surface area contributed by atoms with Crippen molar-refractivity contribution < 1.29 is 4.79 Å². The standard InChI is InChI=1S/C22H22ClN7O/c1-11-4-5-26-10-17(11)20-19(23)14(12(2)21(24)30-20)7-18(25-3)29-22(31)16-6-15(16)13-8-27-28-9-13/h4-5,7-10,15-16H,3,6H2,1-2H3,(H2,24,30)(H,27,28)(H,29,31)/b18-7+/t15-,16+/m1/s1. The highest BCUT2D eigenvalue weighted by Gasteiger charge is 2.44. The molecule has 158 valence electrons. The van der Waals surface area contributed by atoms with Crippen molar-refractivity contribution in [3.8, 4) is 11.3 Å². The van der Waals surface area contributed by atoms with Gasteiger partial charge in [-0.15, -0.1) is 0 Å². The minimum atomic E-state index is -0.129. The van der Waals surface area contributed by atoms with Gasteiger partial charge in [-0.3, -0.25) is 14.9 Å². The largest absolute Gasteiger partial charge is 0.383 e. The van der Waals surface area contributed by atoms with Crippen LogP contribution in [0.2, 0.25) is 5.02 Å². The Morgan fingerprint density at radius 3 is 2.90 bits per heavy atom. The first kappa shape index (κ1) is 20.7. The molecular formula is C22H22ClN7O. The molecule has 0 unspecified atom stereocenters. The van der Waals surface area contributed by atoms with Gasteiger partial charge in [0.05, 0.1) is 16.9 Å². The summed E-state index contributed by atoms with van der Waals surface area (Å²) < 4.78 is 0. The highest BCUT2D eigenvalue weighted by atomic mass is 35.5. The molecule has 1 amide bonds. The minimum Gasteiger partial charge on any atom is -0.383 e. The molecule has 3 aromatic rings. The minimum absolute atomic E-state index is 0.121. The second kappa shape index (κ2) is 8.31. The Balaban J connectivity index is 1.64. The molecule has 1 aliphatic rings. The Morgan fingerprint density at radius 2 is 2.23 bits per heavy atom. The van der Waals surface area contributed by atoms with E-state index >= 15 is 0 Å². The fourth-order valence-electron chi connectivity index (χ4n) is 3.54. The number of nitrogens with two attached hydrogens (primary N) is 1. The first-order valence-electron chi connectivity index (χ1n) is 9.75. The molecule has 0 aromatic carbocycles. The predicted octanol–water partition coefficient (Wildman–Crippen LogP) is 3.64. The number of carbonyl (C=O) groups excluding carboxylic acids is 1. The summed E-state index contributed by atoms with van der Waals surface area (Å²) in [6, 6.07) is 1.88. The Labute approximate surface area is 184 Å².